The van der Waals surface area contributed by atoms with Crippen molar-refractivity contribution in [3.63, 3.8) is 0 Å². The minimum atomic E-state index is -3.82. The van der Waals surface area contributed by atoms with E-state index in [0.717, 1.165) is 10.0 Å². The summed E-state index contributed by atoms with van der Waals surface area (Å²) in [6.45, 7) is 1.98. The summed E-state index contributed by atoms with van der Waals surface area (Å²) in [6, 6.07) is 13.8. The Bertz CT molecular complexity index is 757. The summed E-state index contributed by atoms with van der Waals surface area (Å²) >= 11 is 3.35. The number of ether oxygens (including phenoxy) is 1. The van der Waals surface area contributed by atoms with Crippen LogP contribution in [0.3, 0.4) is 0 Å². The van der Waals surface area contributed by atoms with E-state index in [0.29, 0.717) is 18.8 Å². The summed E-state index contributed by atoms with van der Waals surface area (Å²) in [7, 11) is -3.82. The largest absolute Gasteiger partial charge is 0.494 e. The van der Waals surface area contributed by atoms with Crippen molar-refractivity contribution >= 4 is 26.0 Å². The van der Waals surface area contributed by atoms with Crippen molar-refractivity contribution in [3.8, 4) is 5.75 Å². The highest BCUT2D eigenvalue weighted by Gasteiger charge is 2.18. The highest BCUT2D eigenvalue weighted by Crippen LogP contribution is 2.18. The summed E-state index contributed by atoms with van der Waals surface area (Å²) in [5.74, 6) is 0.392. The van der Waals surface area contributed by atoms with E-state index < -0.39 is 10.1 Å². The van der Waals surface area contributed by atoms with Crippen LogP contribution in [-0.2, 0) is 14.3 Å². The van der Waals surface area contributed by atoms with Crippen LogP contribution in [0.2, 0.25) is 0 Å². The van der Waals surface area contributed by atoms with E-state index >= 15 is 0 Å². The number of benzene rings is 2. The lowest BCUT2D eigenvalue weighted by molar-refractivity contribution is 0.142. The molecule has 136 valence electrons. The quantitative estimate of drug-likeness (QED) is 0.618. The molecule has 2 rings (SSSR count). The second-order valence-corrected chi connectivity index (χ2v) is 8.22. The fraction of sp³-hybridized carbons (Fsp3) is 0.333. The van der Waals surface area contributed by atoms with Gasteiger partial charge in [0.15, 0.2) is 0 Å². The Kier molecular flexibility index (Phi) is 7.43. The first kappa shape index (κ1) is 19.9. The van der Waals surface area contributed by atoms with Gasteiger partial charge in [0.1, 0.15) is 5.75 Å². The molecule has 2 aromatic rings. The first-order chi connectivity index (χ1) is 11.9. The molecule has 0 aliphatic heterocycles. The zero-order valence-corrected chi connectivity index (χ0v) is 16.3. The van der Waals surface area contributed by atoms with Gasteiger partial charge in [0.05, 0.1) is 18.1 Å². The van der Waals surface area contributed by atoms with E-state index in [1.54, 1.807) is 12.1 Å². The van der Waals surface area contributed by atoms with Gasteiger partial charge in [-0.1, -0.05) is 33.6 Å². The Balaban J connectivity index is 1.82. The molecular weight excluding hydrogens is 408 g/mol. The van der Waals surface area contributed by atoms with Crippen molar-refractivity contribution in [1.82, 2.24) is 0 Å². The van der Waals surface area contributed by atoms with Gasteiger partial charge in [0.25, 0.3) is 10.1 Å². The van der Waals surface area contributed by atoms with E-state index in [1.165, 1.54) is 12.1 Å². The normalized spacial score (nSPS) is 12.8. The lowest BCUT2D eigenvalue weighted by atomic mass is 10.1. The Morgan fingerprint density at radius 2 is 1.72 bits per heavy atom. The predicted molar refractivity (Wildman–Crippen MR) is 99.1 cm³/mol. The van der Waals surface area contributed by atoms with Crippen molar-refractivity contribution < 1.29 is 22.4 Å². The molecule has 0 spiro atoms. The van der Waals surface area contributed by atoms with Gasteiger partial charge in [0.2, 0.25) is 0 Å². The third kappa shape index (κ3) is 6.43. The Hall–Kier alpha value is -1.41. The fourth-order valence-corrected chi connectivity index (χ4v) is 3.30. The maximum absolute atomic E-state index is 12.2. The van der Waals surface area contributed by atoms with Crippen LogP contribution < -0.4 is 4.74 Å². The molecule has 0 fully saturated rings. The molecule has 0 unspecified atom stereocenters. The Morgan fingerprint density at radius 3 is 2.32 bits per heavy atom. The van der Waals surface area contributed by atoms with Crippen LogP contribution in [0, 0.1) is 12.8 Å². The smallest absolute Gasteiger partial charge is 0.296 e. The van der Waals surface area contributed by atoms with E-state index in [-0.39, 0.29) is 24.0 Å². The number of aliphatic hydroxyl groups excluding tert-OH is 1. The molecule has 0 radical (unpaired) electrons. The van der Waals surface area contributed by atoms with Gasteiger partial charge >= 0.3 is 0 Å². The molecule has 0 aliphatic carbocycles. The van der Waals surface area contributed by atoms with Gasteiger partial charge < -0.3 is 9.84 Å². The number of aliphatic hydroxyl groups is 1. The van der Waals surface area contributed by atoms with Crippen molar-refractivity contribution in [2.75, 3.05) is 19.8 Å². The monoisotopic (exact) mass is 428 g/mol. The number of hydrogen-bond acceptors (Lipinski definition) is 5. The number of aryl methyl sites for hydroxylation is 1. The van der Waals surface area contributed by atoms with Crippen LogP contribution in [-0.4, -0.2) is 33.3 Å². The maximum Gasteiger partial charge on any atom is 0.296 e. The molecule has 0 aliphatic rings. The van der Waals surface area contributed by atoms with Gasteiger partial charge in [-0.15, -0.1) is 0 Å². The van der Waals surface area contributed by atoms with Crippen LogP contribution in [0.1, 0.15) is 12.0 Å². The summed E-state index contributed by atoms with van der Waals surface area (Å²) in [4.78, 5) is 0.112. The average Bonchev–Trinajstić information content (AvgIpc) is 2.60. The minimum absolute atomic E-state index is 0.0869. The third-order valence-corrected chi connectivity index (χ3v) is 5.46. The molecule has 5 nitrogen and oxygen atoms in total. The second-order valence-electron chi connectivity index (χ2n) is 5.69. The topological polar surface area (TPSA) is 72.8 Å². The van der Waals surface area contributed by atoms with E-state index in [2.05, 4.69) is 15.9 Å². The lowest BCUT2D eigenvalue weighted by Gasteiger charge is -2.15. The summed E-state index contributed by atoms with van der Waals surface area (Å²) in [5.41, 5.74) is 0.970. The molecule has 0 aromatic heterocycles. The van der Waals surface area contributed by atoms with Crippen molar-refractivity contribution in [2.24, 2.45) is 5.92 Å². The summed E-state index contributed by atoms with van der Waals surface area (Å²) in [6.07, 6.45) is 0.482. The van der Waals surface area contributed by atoms with Gasteiger partial charge in [-0.25, -0.2) is 0 Å². The zero-order valence-electron chi connectivity index (χ0n) is 13.9. The van der Waals surface area contributed by atoms with E-state index in [4.69, 9.17) is 8.92 Å². The molecule has 0 heterocycles. The SMILES string of the molecule is Cc1ccc(S(=O)(=O)OC[C@H](CO)CCOc2ccc(Br)cc2)cc1. The van der Waals surface area contributed by atoms with Crippen LogP contribution in [0.15, 0.2) is 57.9 Å². The highest BCUT2D eigenvalue weighted by atomic mass is 79.9. The van der Waals surface area contributed by atoms with Crippen molar-refractivity contribution in [2.45, 2.75) is 18.2 Å². The first-order valence-corrected chi connectivity index (χ1v) is 10.1. The van der Waals surface area contributed by atoms with Crippen LogP contribution in [0.5, 0.6) is 5.75 Å². The molecule has 7 heteroatoms. The van der Waals surface area contributed by atoms with Gasteiger partial charge in [-0.2, -0.15) is 8.42 Å². The van der Waals surface area contributed by atoms with Crippen molar-refractivity contribution in [3.05, 3.63) is 58.6 Å². The number of rotatable bonds is 9. The molecule has 0 bridgehead atoms. The number of hydrogen-bond donors (Lipinski definition) is 1. The fourth-order valence-electron chi connectivity index (χ4n) is 2.06. The lowest BCUT2D eigenvalue weighted by Crippen LogP contribution is -2.20. The molecule has 1 atom stereocenters. The molecule has 25 heavy (non-hydrogen) atoms. The molecule has 1 N–H and O–H groups in total. The summed E-state index contributed by atoms with van der Waals surface area (Å²) < 4.78 is 35.9. The van der Waals surface area contributed by atoms with Gasteiger partial charge in [-0.3, -0.25) is 4.18 Å². The summed E-state index contributed by atoms with van der Waals surface area (Å²) in [5, 5.41) is 9.43. The zero-order chi connectivity index (χ0) is 18.3. The van der Waals surface area contributed by atoms with E-state index in [1.807, 2.05) is 31.2 Å². The third-order valence-electron chi connectivity index (χ3n) is 3.64. The first-order valence-electron chi connectivity index (χ1n) is 7.86. The Morgan fingerprint density at radius 1 is 1.08 bits per heavy atom. The molecule has 2 aromatic carbocycles. The van der Waals surface area contributed by atoms with Crippen LogP contribution in [0.25, 0.3) is 0 Å². The maximum atomic E-state index is 12.2. The molecule has 0 amide bonds. The van der Waals surface area contributed by atoms with Crippen molar-refractivity contribution in [1.29, 1.82) is 0 Å². The highest BCUT2D eigenvalue weighted by molar-refractivity contribution is 9.10. The Labute approximate surface area is 156 Å². The van der Waals surface area contributed by atoms with Crippen LogP contribution in [0.4, 0.5) is 0 Å². The predicted octanol–water partition coefficient (Wildman–Crippen LogP) is 3.54. The van der Waals surface area contributed by atoms with Gasteiger partial charge in [0, 0.05) is 17.0 Å². The standard InChI is InChI=1S/C18H21BrO5S/c1-14-2-8-18(9-3-14)25(21,22)24-13-15(12-20)10-11-23-17-6-4-16(19)5-7-17/h2-9,15,20H,10-13H2,1H3/t15-/m0/s1. The second kappa shape index (κ2) is 9.33. The number of halogens is 1. The average molecular weight is 429 g/mol. The molecule has 0 saturated heterocycles. The van der Waals surface area contributed by atoms with E-state index in [9.17, 15) is 13.5 Å². The molecular formula is C18H21BrO5S. The molecule has 0 saturated carbocycles. The minimum Gasteiger partial charge on any atom is -0.494 e. The van der Waals surface area contributed by atoms with Gasteiger partial charge in [-0.05, 0) is 49.7 Å². The van der Waals surface area contributed by atoms with Crippen LogP contribution >= 0.6 is 15.9 Å².